The van der Waals surface area contributed by atoms with Crippen LogP contribution in [0.4, 0.5) is 17.2 Å². The molecule has 2 heterocycles. The minimum atomic E-state index is -0.307. The predicted octanol–water partition coefficient (Wildman–Crippen LogP) is 4.24. The van der Waals surface area contributed by atoms with Gasteiger partial charge in [0, 0.05) is 22.8 Å². The Bertz CT molecular complexity index is 1140. The Morgan fingerprint density at radius 3 is 2.38 bits per heavy atom. The van der Waals surface area contributed by atoms with Gasteiger partial charge in [0.15, 0.2) is 17.3 Å². The first kappa shape index (κ1) is 18.3. The highest BCUT2D eigenvalue weighted by atomic mass is 16.5. The molecule has 0 radical (unpaired) electrons. The second-order valence-electron chi connectivity index (χ2n) is 6.08. The van der Waals surface area contributed by atoms with Gasteiger partial charge in [0.25, 0.3) is 5.91 Å². The molecule has 2 N–H and O–H groups in total. The van der Waals surface area contributed by atoms with Crippen LogP contribution in [0.15, 0.2) is 65.5 Å². The van der Waals surface area contributed by atoms with E-state index in [1.807, 2.05) is 18.2 Å². The van der Waals surface area contributed by atoms with Gasteiger partial charge in [-0.1, -0.05) is 0 Å². The van der Waals surface area contributed by atoms with Crippen molar-refractivity contribution in [3.8, 4) is 11.5 Å². The van der Waals surface area contributed by atoms with Gasteiger partial charge >= 0.3 is 0 Å². The van der Waals surface area contributed by atoms with Crippen molar-refractivity contribution in [2.24, 2.45) is 0 Å². The van der Waals surface area contributed by atoms with Crippen molar-refractivity contribution < 1.29 is 18.7 Å². The maximum Gasteiger partial charge on any atom is 0.291 e. The van der Waals surface area contributed by atoms with Crippen LogP contribution in [0, 0.1) is 0 Å². The highest BCUT2D eigenvalue weighted by molar-refractivity contribution is 6.02. The molecule has 0 aliphatic rings. The number of nitrogens with one attached hydrogen (secondary N) is 2. The summed E-state index contributed by atoms with van der Waals surface area (Å²) in [6.07, 6.45) is 2.94. The van der Waals surface area contributed by atoms with E-state index in [-0.39, 0.29) is 11.7 Å². The van der Waals surface area contributed by atoms with Crippen molar-refractivity contribution in [3.63, 3.8) is 0 Å². The van der Waals surface area contributed by atoms with Crippen molar-refractivity contribution in [2.45, 2.75) is 0 Å². The van der Waals surface area contributed by atoms with Crippen molar-refractivity contribution in [1.82, 2.24) is 9.97 Å². The van der Waals surface area contributed by atoms with Crippen LogP contribution in [-0.4, -0.2) is 30.1 Å². The molecule has 0 atom stereocenters. The predicted molar refractivity (Wildman–Crippen MR) is 109 cm³/mol. The molecule has 0 aliphatic carbocycles. The molecule has 1 amide bonds. The van der Waals surface area contributed by atoms with Gasteiger partial charge in [-0.15, -0.1) is 0 Å². The molecule has 0 spiro atoms. The number of hydrogen-bond acceptors (Lipinski definition) is 7. The van der Waals surface area contributed by atoms with Crippen LogP contribution in [0.25, 0.3) is 10.9 Å². The lowest BCUT2D eigenvalue weighted by Crippen LogP contribution is -2.10. The van der Waals surface area contributed by atoms with Crippen molar-refractivity contribution in [1.29, 1.82) is 0 Å². The number of carbonyl (C=O) groups excluding carboxylic acids is 1. The second kappa shape index (κ2) is 7.89. The van der Waals surface area contributed by atoms with Crippen LogP contribution in [-0.2, 0) is 0 Å². The average Bonchev–Trinajstić information content (AvgIpc) is 3.29. The Morgan fingerprint density at radius 2 is 1.69 bits per heavy atom. The molecule has 0 saturated carbocycles. The van der Waals surface area contributed by atoms with Crippen LogP contribution in [0.2, 0.25) is 0 Å². The molecular formula is C21H18N4O4. The Balaban J connectivity index is 1.56. The lowest BCUT2D eigenvalue weighted by molar-refractivity contribution is 0.0996. The summed E-state index contributed by atoms with van der Waals surface area (Å²) < 4.78 is 15.8. The fourth-order valence-corrected chi connectivity index (χ4v) is 2.86. The molecule has 146 valence electrons. The van der Waals surface area contributed by atoms with Gasteiger partial charge < -0.3 is 24.5 Å². The third-order valence-corrected chi connectivity index (χ3v) is 4.29. The second-order valence-corrected chi connectivity index (χ2v) is 6.08. The topological polar surface area (TPSA) is 98.5 Å². The number of nitrogens with zero attached hydrogens (tertiary/aromatic N) is 2. The zero-order valence-corrected chi connectivity index (χ0v) is 15.8. The molecule has 8 heteroatoms. The van der Waals surface area contributed by atoms with Crippen LogP contribution in [0.3, 0.4) is 0 Å². The quantitative estimate of drug-likeness (QED) is 0.508. The number of furan rings is 1. The van der Waals surface area contributed by atoms with E-state index in [9.17, 15) is 4.79 Å². The molecule has 4 rings (SSSR count). The van der Waals surface area contributed by atoms with Crippen LogP contribution < -0.4 is 20.1 Å². The van der Waals surface area contributed by atoms with E-state index >= 15 is 0 Å². The summed E-state index contributed by atoms with van der Waals surface area (Å²) in [6.45, 7) is 0. The summed E-state index contributed by atoms with van der Waals surface area (Å²) >= 11 is 0. The maximum absolute atomic E-state index is 12.1. The number of amides is 1. The van der Waals surface area contributed by atoms with E-state index in [0.717, 1.165) is 16.6 Å². The van der Waals surface area contributed by atoms with E-state index in [1.165, 1.54) is 12.6 Å². The number of methoxy groups -OCH3 is 2. The summed E-state index contributed by atoms with van der Waals surface area (Å²) in [7, 11) is 3.16. The third-order valence-electron chi connectivity index (χ3n) is 4.29. The SMILES string of the molecule is COc1cc2ncnc(Nc3ccc(NC(=O)c4ccco4)cc3)c2cc1OC. The van der Waals surface area contributed by atoms with E-state index in [4.69, 9.17) is 13.9 Å². The largest absolute Gasteiger partial charge is 0.493 e. The van der Waals surface area contributed by atoms with Gasteiger partial charge in [-0.25, -0.2) is 9.97 Å². The fraction of sp³-hybridized carbons (Fsp3) is 0.0952. The van der Waals surface area contributed by atoms with Crippen LogP contribution >= 0.6 is 0 Å². The number of benzene rings is 2. The molecule has 4 aromatic rings. The molecule has 0 saturated heterocycles. The molecule has 0 unspecified atom stereocenters. The van der Waals surface area contributed by atoms with E-state index in [1.54, 1.807) is 44.6 Å². The standard InChI is InChI=1S/C21H18N4O4/c1-27-18-10-15-16(11-19(18)28-2)22-12-23-20(15)24-13-5-7-14(8-6-13)25-21(26)17-4-3-9-29-17/h3-12H,1-2H3,(H,25,26)(H,22,23,24). The van der Waals surface area contributed by atoms with Crippen molar-refractivity contribution >= 4 is 34.0 Å². The van der Waals surface area contributed by atoms with Gasteiger partial charge in [-0.2, -0.15) is 0 Å². The number of fused-ring (bicyclic) bond motifs is 1. The minimum Gasteiger partial charge on any atom is -0.493 e. The lowest BCUT2D eigenvalue weighted by Gasteiger charge is -2.12. The van der Waals surface area contributed by atoms with Crippen LogP contribution in [0.1, 0.15) is 10.6 Å². The number of hydrogen-bond donors (Lipinski definition) is 2. The molecular weight excluding hydrogens is 372 g/mol. The fourth-order valence-electron chi connectivity index (χ4n) is 2.86. The van der Waals surface area contributed by atoms with Gasteiger partial charge in [0.1, 0.15) is 12.1 Å². The zero-order valence-electron chi connectivity index (χ0n) is 15.8. The van der Waals surface area contributed by atoms with Crippen molar-refractivity contribution in [2.75, 3.05) is 24.9 Å². The first-order chi connectivity index (χ1) is 14.2. The first-order valence-electron chi connectivity index (χ1n) is 8.76. The highest BCUT2D eigenvalue weighted by Crippen LogP contribution is 2.34. The molecule has 29 heavy (non-hydrogen) atoms. The normalized spacial score (nSPS) is 10.6. The Hall–Kier alpha value is -4.07. The van der Waals surface area contributed by atoms with E-state index in [0.29, 0.717) is 23.0 Å². The molecule has 8 nitrogen and oxygen atoms in total. The monoisotopic (exact) mass is 390 g/mol. The number of aromatic nitrogens is 2. The van der Waals surface area contributed by atoms with Gasteiger partial charge in [-0.05, 0) is 42.5 Å². The smallest absolute Gasteiger partial charge is 0.291 e. The molecule has 0 aliphatic heterocycles. The highest BCUT2D eigenvalue weighted by Gasteiger charge is 2.12. The molecule has 2 aromatic carbocycles. The first-order valence-corrected chi connectivity index (χ1v) is 8.76. The minimum absolute atomic E-state index is 0.254. The number of ether oxygens (including phenoxy) is 2. The summed E-state index contributed by atoms with van der Waals surface area (Å²) in [6, 6.07) is 14.2. The Kier molecular flexibility index (Phi) is 4.98. The average molecular weight is 390 g/mol. The third kappa shape index (κ3) is 3.81. The molecule has 0 bridgehead atoms. The number of rotatable bonds is 6. The Labute approximate surface area is 166 Å². The molecule has 0 fully saturated rings. The maximum atomic E-state index is 12.1. The van der Waals surface area contributed by atoms with Crippen molar-refractivity contribution in [3.05, 3.63) is 66.9 Å². The van der Waals surface area contributed by atoms with E-state index in [2.05, 4.69) is 20.6 Å². The lowest BCUT2D eigenvalue weighted by atomic mass is 10.2. The van der Waals surface area contributed by atoms with E-state index < -0.39 is 0 Å². The summed E-state index contributed by atoms with van der Waals surface area (Å²) in [5, 5.41) is 6.83. The number of carbonyl (C=O) groups is 1. The number of anilines is 3. The zero-order chi connectivity index (χ0) is 20.2. The van der Waals surface area contributed by atoms with Gasteiger partial charge in [-0.3, -0.25) is 4.79 Å². The van der Waals surface area contributed by atoms with Crippen LogP contribution in [0.5, 0.6) is 11.5 Å². The summed E-state index contributed by atoms with van der Waals surface area (Å²) in [5.74, 6) is 1.76. The summed E-state index contributed by atoms with van der Waals surface area (Å²) in [4.78, 5) is 20.7. The Morgan fingerprint density at radius 1 is 0.966 bits per heavy atom. The van der Waals surface area contributed by atoms with Gasteiger partial charge in [0.05, 0.1) is 26.0 Å². The molecule has 2 aromatic heterocycles. The van der Waals surface area contributed by atoms with Gasteiger partial charge in [0.2, 0.25) is 0 Å². The summed E-state index contributed by atoms with van der Waals surface area (Å²) in [5.41, 5.74) is 2.18.